The maximum Gasteiger partial charge on any atom is 0.196 e. The Hall–Kier alpha value is -1.81. The van der Waals surface area contributed by atoms with Crippen LogP contribution in [0.15, 0.2) is 30.6 Å². The first-order chi connectivity index (χ1) is 8.60. The topological polar surface area (TPSA) is 60.9 Å². The minimum Gasteiger partial charge on any atom is -0.399 e. The summed E-state index contributed by atoms with van der Waals surface area (Å²) in [5, 5.41) is 4.59. The number of nitrogen functional groups attached to an aromatic ring is 1. The third-order valence-corrected chi connectivity index (χ3v) is 2.75. The summed E-state index contributed by atoms with van der Waals surface area (Å²) in [6, 6.07) is 4.83. The Balaban J connectivity index is 2.29. The first kappa shape index (κ1) is 12.6. The van der Waals surface area contributed by atoms with Gasteiger partial charge in [-0.15, -0.1) is 0 Å². The number of halogens is 1. The van der Waals surface area contributed by atoms with Crippen molar-refractivity contribution in [2.45, 2.75) is 19.9 Å². The molecule has 0 atom stereocenters. The fraction of sp³-hybridized carbons (Fsp3) is 0.231. The molecule has 94 valence electrons. The van der Waals surface area contributed by atoms with Gasteiger partial charge < -0.3 is 5.73 Å². The largest absolute Gasteiger partial charge is 0.399 e. The molecular formula is C13H14ClN3O. The van der Waals surface area contributed by atoms with E-state index in [2.05, 4.69) is 12.0 Å². The van der Waals surface area contributed by atoms with Gasteiger partial charge in [0.25, 0.3) is 0 Å². The smallest absolute Gasteiger partial charge is 0.196 e. The molecule has 0 bridgehead atoms. The Bertz CT molecular complexity index is 557. The van der Waals surface area contributed by atoms with Gasteiger partial charge in [0.05, 0.1) is 11.8 Å². The van der Waals surface area contributed by atoms with Crippen LogP contribution >= 0.6 is 11.6 Å². The minimum atomic E-state index is -0.119. The zero-order valence-corrected chi connectivity index (χ0v) is 10.8. The molecule has 0 radical (unpaired) electrons. The van der Waals surface area contributed by atoms with E-state index in [0.29, 0.717) is 21.8 Å². The molecule has 4 nitrogen and oxygen atoms in total. The predicted molar refractivity (Wildman–Crippen MR) is 71.8 cm³/mol. The van der Waals surface area contributed by atoms with Gasteiger partial charge in [-0.25, -0.2) is 0 Å². The first-order valence-electron chi connectivity index (χ1n) is 5.73. The van der Waals surface area contributed by atoms with Crippen molar-refractivity contribution in [3.8, 4) is 0 Å². The maximum atomic E-state index is 12.2. The first-order valence-corrected chi connectivity index (χ1v) is 6.11. The second kappa shape index (κ2) is 5.23. The molecule has 0 aliphatic rings. The van der Waals surface area contributed by atoms with Crippen molar-refractivity contribution >= 4 is 23.1 Å². The lowest BCUT2D eigenvalue weighted by molar-refractivity contribution is 0.103. The highest BCUT2D eigenvalue weighted by Gasteiger charge is 2.12. The van der Waals surface area contributed by atoms with Crippen molar-refractivity contribution in [2.75, 3.05) is 5.73 Å². The molecule has 1 aromatic carbocycles. The quantitative estimate of drug-likeness (QED) is 0.682. The van der Waals surface area contributed by atoms with Gasteiger partial charge in [-0.1, -0.05) is 18.5 Å². The zero-order chi connectivity index (χ0) is 13.1. The van der Waals surface area contributed by atoms with Crippen LogP contribution in [0.2, 0.25) is 5.02 Å². The van der Waals surface area contributed by atoms with E-state index in [-0.39, 0.29) is 5.78 Å². The lowest BCUT2D eigenvalue weighted by Gasteiger charge is -2.01. The van der Waals surface area contributed by atoms with Gasteiger partial charge in [0.1, 0.15) is 0 Å². The molecule has 18 heavy (non-hydrogen) atoms. The average Bonchev–Trinajstić information content (AvgIpc) is 2.76. The third-order valence-electron chi connectivity index (χ3n) is 2.53. The van der Waals surface area contributed by atoms with Crippen LogP contribution < -0.4 is 5.73 Å². The van der Waals surface area contributed by atoms with Crippen molar-refractivity contribution in [3.63, 3.8) is 0 Å². The highest BCUT2D eigenvalue weighted by Crippen LogP contribution is 2.19. The van der Waals surface area contributed by atoms with E-state index in [1.54, 1.807) is 35.3 Å². The van der Waals surface area contributed by atoms with Crippen LogP contribution in [0, 0.1) is 0 Å². The molecular weight excluding hydrogens is 250 g/mol. The minimum absolute atomic E-state index is 0.119. The Labute approximate surface area is 110 Å². The van der Waals surface area contributed by atoms with Gasteiger partial charge in [-0.05, 0) is 24.6 Å². The van der Waals surface area contributed by atoms with Crippen LogP contribution in [0.5, 0.6) is 0 Å². The standard InChI is InChI=1S/C13H14ClN3O/c1-2-3-17-8-10(7-16-17)13(18)9-4-11(14)6-12(15)5-9/h4-8H,2-3,15H2,1H3. The van der Waals surface area contributed by atoms with Crippen molar-refractivity contribution < 1.29 is 4.79 Å². The fourth-order valence-electron chi connectivity index (χ4n) is 1.74. The van der Waals surface area contributed by atoms with Crippen molar-refractivity contribution in [1.29, 1.82) is 0 Å². The second-order valence-electron chi connectivity index (χ2n) is 4.09. The number of benzene rings is 1. The number of aryl methyl sites for hydroxylation is 1. The highest BCUT2D eigenvalue weighted by atomic mass is 35.5. The van der Waals surface area contributed by atoms with Gasteiger partial charge >= 0.3 is 0 Å². The summed E-state index contributed by atoms with van der Waals surface area (Å²) in [6.07, 6.45) is 4.28. The molecule has 0 saturated heterocycles. The average molecular weight is 264 g/mol. The van der Waals surface area contributed by atoms with E-state index < -0.39 is 0 Å². The number of hydrogen-bond donors (Lipinski definition) is 1. The van der Waals surface area contributed by atoms with E-state index >= 15 is 0 Å². The van der Waals surface area contributed by atoms with Crippen LogP contribution in [0.4, 0.5) is 5.69 Å². The SMILES string of the molecule is CCCn1cc(C(=O)c2cc(N)cc(Cl)c2)cn1. The van der Waals surface area contributed by atoms with E-state index in [9.17, 15) is 4.79 Å². The van der Waals surface area contributed by atoms with Crippen LogP contribution in [0.1, 0.15) is 29.3 Å². The highest BCUT2D eigenvalue weighted by molar-refractivity contribution is 6.31. The van der Waals surface area contributed by atoms with Crippen molar-refractivity contribution in [1.82, 2.24) is 9.78 Å². The lowest BCUT2D eigenvalue weighted by atomic mass is 10.1. The molecule has 0 unspecified atom stereocenters. The Morgan fingerprint density at radius 2 is 2.17 bits per heavy atom. The van der Waals surface area contributed by atoms with Gasteiger partial charge in [0, 0.05) is 29.0 Å². The molecule has 0 spiro atoms. The summed E-state index contributed by atoms with van der Waals surface area (Å²) in [5.41, 5.74) is 7.18. The molecule has 0 fully saturated rings. The molecule has 1 heterocycles. The lowest BCUT2D eigenvalue weighted by Crippen LogP contribution is -2.02. The van der Waals surface area contributed by atoms with Gasteiger partial charge in [-0.3, -0.25) is 9.48 Å². The maximum absolute atomic E-state index is 12.2. The Morgan fingerprint density at radius 3 is 2.83 bits per heavy atom. The van der Waals surface area contributed by atoms with Crippen LogP contribution in [-0.4, -0.2) is 15.6 Å². The summed E-state index contributed by atoms with van der Waals surface area (Å²) in [4.78, 5) is 12.2. The number of ketones is 1. The number of anilines is 1. The fourth-order valence-corrected chi connectivity index (χ4v) is 1.99. The Morgan fingerprint density at radius 1 is 1.39 bits per heavy atom. The molecule has 5 heteroatoms. The van der Waals surface area contributed by atoms with Crippen LogP contribution in [0.3, 0.4) is 0 Å². The Kier molecular flexibility index (Phi) is 3.67. The van der Waals surface area contributed by atoms with E-state index in [1.165, 1.54) is 0 Å². The number of carbonyl (C=O) groups is 1. The molecule has 2 aromatic rings. The summed E-state index contributed by atoms with van der Waals surface area (Å²) in [6.45, 7) is 2.85. The van der Waals surface area contributed by atoms with Crippen molar-refractivity contribution in [3.05, 3.63) is 46.7 Å². The number of carbonyl (C=O) groups excluding carboxylic acids is 1. The van der Waals surface area contributed by atoms with E-state index in [0.717, 1.165) is 13.0 Å². The molecule has 0 aliphatic heterocycles. The number of nitrogens with zero attached hydrogens (tertiary/aromatic N) is 2. The summed E-state index contributed by atoms with van der Waals surface area (Å²) in [7, 11) is 0. The summed E-state index contributed by atoms with van der Waals surface area (Å²) >= 11 is 5.88. The summed E-state index contributed by atoms with van der Waals surface area (Å²) < 4.78 is 1.75. The zero-order valence-electron chi connectivity index (χ0n) is 10.1. The third kappa shape index (κ3) is 2.71. The molecule has 1 aromatic heterocycles. The number of hydrogen-bond acceptors (Lipinski definition) is 3. The number of aromatic nitrogens is 2. The van der Waals surface area contributed by atoms with Gasteiger partial charge in [0.15, 0.2) is 5.78 Å². The van der Waals surface area contributed by atoms with Crippen LogP contribution in [0.25, 0.3) is 0 Å². The van der Waals surface area contributed by atoms with E-state index in [4.69, 9.17) is 17.3 Å². The second-order valence-corrected chi connectivity index (χ2v) is 4.53. The predicted octanol–water partition coefficient (Wildman–Crippen LogP) is 2.76. The molecule has 0 aliphatic carbocycles. The monoisotopic (exact) mass is 263 g/mol. The van der Waals surface area contributed by atoms with Crippen LogP contribution in [-0.2, 0) is 6.54 Å². The van der Waals surface area contributed by atoms with Gasteiger partial charge in [0.2, 0.25) is 0 Å². The molecule has 0 saturated carbocycles. The van der Waals surface area contributed by atoms with E-state index in [1.807, 2.05) is 0 Å². The molecule has 0 amide bonds. The summed E-state index contributed by atoms with van der Waals surface area (Å²) in [5.74, 6) is -0.119. The molecule has 2 rings (SSSR count). The number of nitrogens with two attached hydrogens (primary N) is 1. The van der Waals surface area contributed by atoms with Gasteiger partial charge in [-0.2, -0.15) is 5.10 Å². The number of rotatable bonds is 4. The van der Waals surface area contributed by atoms with Crippen molar-refractivity contribution in [2.24, 2.45) is 0 Å². The normalized spacial score (nSPS) is 10.6. The molecule has 2 N–H and O–H groups in total.